The summed E-state index contributed by atoms with van der Waals surface area (Å²) in [5.74, 6) is 0.826. The molecule has 2 aromatic heterocycles. The minimum Gasteiger partial charge on any atom is -0.336 e. The maximum absolute atomic E-state index is 6.21. The number of rotatable bonds is 4. The first kappa shape index (κ1) is 15.6. The van der Waals surface area contributed by atoms with Gasteiger partial charge >= 0.3 is 0 Å². The summed E-state index contributed by atoms with van der Waals surface area (Å²) in [7, 11) is 0. The molecule has 9 heteroatoms. The van der Waals surface area contributed by atoms with Crippen LogP contribution >= 0.6 is 23.2 Å². The molecule has 0 aliphatic carbocycles. The van der Waals surface area contributed by atoms with E-state index in [0.717, 1.165) is 0 Å². The van der Waals surface area contributed by atoms with E-state index in [1.54, 1.807) is 12.1 Å². The van der Waals surface area contributed by atoms with Gasteiger partial charge in [0, 0.05) is 0 Å². The average molecular weight is 373 g/mol. The third kappa shape index (κ3) is 3.19. The summed E-state index contributed by atoms with van der Waals surface area (Å²) in [6.45, 7) is 0. The van der Waals surface area contributed by atoms with Crippen molar-refractivity contribution in [3.05, 3.63) is 58.6 Å². The van der Waals surface area contributed by atoms with Crippen molar-refractivity contribution in [2.45, 2.75) is 0 Å². The molecular formula is C16H10Cl2N6O. The van der Waals surface area contributed by atoms with Crippen molar-refractivity contribution in [1.82, 2.24) is 20.3 Å². The molecule has 25 heavy (non-hydrogen) atoms. The summed E-state index contributed by atoms with van der Waals surface area (Å²) < 4.78 is 4.69. The molecule has 0 saturated carbocycles. The van der Waals surface area contributed by atoms with Gasteiger partial charge in [-0.1, -0.05) is 47.5 Å². The fraction of sp³-hybridized carbons (Fsp3) is 0. The van der Waals surface area contributed by atoms with Gasteiger partial charge in [-0.2, -0.15) is 0 Å². The monoisotopic (exact) mass is 372 g/mol. The van der Waals surface area contributed by atoms with Crippen molar-refractivity contribution in [3.8, 4) is 0 Å². The number of hydrogen-bond acceptors (Lipinski definition) is 7. The molecule has 2 N–H and O–H groups in total. The number of aromatic nitrogens is 4. The maximum atomic E-state index is 6.21. The molecule has 7 nitrogen and oxygen atoms in total. The smallest absolute Gasteiger partial charge is 0.245 e. The van der Waals surface area contributed by atoms with Crippen LogP contribution < -0.4 is 10.6 Å². The minimum atomic E-state index is 0.277. The Morgan fingerprint density at radius 1 is 0.680 bits per heavy atom. The molecule has 0 radical (unpaired) electrons. The molecule has 4 rings (SSSR count). The largest absolute Gasteiger partial charge is 0.336 e. The summed E-state index contributed by atoms with van der Waals surface area (Å²) in [5.41, 5.74) is 1.91. The zero-order valence-corrected chi connectivity index (χ0v) is 14.1. The lowest BCUT2D eigenvalue weighted by Crippen LogP contribution is -2.03. The second-order valence-electron chi connectivity index (χ2n) is 5.04. The first-order valence-corrected chi connectivity index (χ1v) is 8.00. The third-order valence-electron chi connectivity index (χ3n) is 3.37. The van der Waals surface area contributed by atoms with Gasteiger partial charge in [-0.3, -0.25) is 0 Å². The topological polar surface area (TPSA) is 88.8 Å². The van der Waals surface area contributed by atoms with Crippen LogP contribution in [0.1, 0.15) is 0 Å². The Morgan fingerprint density at radius 2 is 1.12 bits per heavy atom. The number of nitrogens with zero attached hydrogens (tertiary/aromatic N) is 4. The van der Waals surface area contributed by atoms with Gasteiger partial charge in [0.15, 0.2) is 11.6 Å². The van der Waals surface area contributed by atoms with E-state index in [1.807, 2.05) is 36.4 Å². The molecule has 0 aliphatic rings. The van der Waals surface area contributed by atoms with Crippen molar-refractivity contribution >= 4 is 57.5 Å². The summed E-state index contributed by atoms with van der Waals surface area (Å²) in [6.07, 6.45) is 0. The second kappa shape index (κ2) is 6.54. The van der Waals surface area contributed by atoms with E-state index >= 15 is 0 Å². The predicted octanol–water partition coefficient (Wildman–Crippen LogP) is 4.81. The first-order valence-electron chi connectivity index (χ1n) is 7.24. The van der Waals surface area contributed by atoms with Gasteiger partial charge in [0.25, 0.3) is 0 Å². The highest BCUT2D eigenvalue weighted by Crippen LogP contribution is 2.31. The number of benzene rings is 2. The molecule has 0 aliphatic heterocycles. The van der Waals surface area contributed by atoms with Crippen LogP contribution in [0.5, 0.6) is 0 Å². The summed E-state index contributed by atoms with van der Waals surface area (Å²) in [4.78, 5) is 8.78. The van der Waals surface area contributed by atoms with Crippen LogP contribution in [0.25, 0.3) is 11.3 Å². The summed E-state index contributed by atoms with van der Waals surface area (Å²) >= 11 is 12.4. The number of anilines is 4. The van der Waals surface area contributed by atoms with Gasteiger partial charge in [0.2, 0.25) is 11.3 Å². The van der Waals surface area contributed by atoms with E-state index in [-0.39, 0.29) is 11.3 Å². The third-order valence-corrected chi connectivity index (χ3v) is 4.03. The Bertz CT molecular complexity index is 970. The number of fused-ring (bicyclic) bond motifs is 1. The van der Waals surface area contributed by atoms with Gasteiger partial charge < -0.3 is 10.6 Å². The average Bonchev–Trinajstić information content (AvgIpc) is 3.06. The molecule has 2 heterocycles. The van der Waals surface area contributed by atoms with Crippen LogP contribution in [0.4, 0.5) is 23.0 Å². The van der Waals surface area contributed by atoms with Crippen molar-refractivity contribution in [1.29, 1.82) is 0 Å². The predicted molar refractivity (Wildman–Crippen MR) is 96.9 cm³/mol. The fourth-order valence-electron chi connectivity index (χ4n) is 2.19. The molecule has 0 amide bonds. The normalized spacial score (nSPS) is 10.8. The zero-order valence-electron chi connectivity index (χ0n) is 12.6. The lowest BCUT2D eigenvalue weighted by Gasteiger charge is -2.13. The number of para-hydroxylation sites is 2. The minimum absolute atomic E-state index is 0.277. The summed E-state index contributed by atoms with van der Waals surface area (Å²) in [6, 6.07) is 14.6. The van der Waals surface area contributed by atoms with E-state index < -0.39 is 0 Å². The lowest BCUT2D eigenvalue weighted by molar-refractivity contribution is 0.314. The molecular weight excluding hydrogens is 363 g/mol. The van der Waals surface area contributed by atoms with Crippen molar-refractivity contribution in [2.24, 2.45) is 0 Å². The lowest BCUT2D eigenvalue weighted by atomic mass is 10.3. The molecule has 0 bridgehead atoms. The summed E-state index contributed by atoms with van der Waals surface area (Å²) in [5, 5.41) is 14.8. The second-order valence-corrected chi connectivity index (χ2v) is 5.86. The Morgan fingerprint density at radius 3 is 1.56 bits per heavy atom. The van der Waals surface area contributed by atoms with Gasteiger partial charge in [0.1, 0.15) is 0 Å². The quantitative estimate of drug-likeness (QED) is 0.531. The highest BCUT2D eigenvalue weighted by atomic mass is 35.5. The van der Waals surface area contributed by atoms with Crippen LogP contribution in [-0.4, -0.2) is 20.3 Å². The van der Waals surface area contributed by atoms with Crippen LogP contribution in [0.3, 0.4) is 0 Å². The number of nitrogens with one attached hydrogen (secondary N) is 2. The molecule has 4 aromatic rings. The van der Waals surface area contributed by atoms with Gasteiger partial charge in [-0.25, -0.2) is 14.6 Å². The van der Waals surface area contributed by atoms with E-state index in [9.17, 15) is 0 Å². The number of halogens is 2. The van der Waals surface area contributed by atoms with Crippen LogP contribution in [0.15, 0.2) is 53.2 Å². The molecule has 2 aromatic carbocycles. The SMILES string of the molecule is Clc1ccccc1Nc1nc2nonc2nc1Nc1ccccc1Cl. The molecule has 0 atom stereocenters. The van der Waals surface area contributed by atoms with Crippen molar-refractivity contribution in [2.75, 3.05) is 10.6 Å². The van der Waals surface area contributed by atoms with E-state index in [4.69, 9.17) is 27.8 Å². The molecule has 0 unspecified atom stereocenters. The first-order chi connectivity index (χ1) is 12.2. The highest BCUT2D eigenvalue weighted by molar-refractivity contribution is 6.33. The van der Waals surface area contributed by atoms with Crippen LogP contribution in [0.2, 0.25) is 10.0 Å². The van der Waals surface area contributed by atoms with E-state index in [0.29, 0.717) is 33.1 Å². The van der Waals surface area contributed by atoms with Crippen molar-refractivity contribution in [3.63, 3.8) is 0 Å². The highest BCUT2D eigenvalue weighted by Gasteiger charge is 2.15. The van der Waals surface area contributed by atoms with Gasteiger partial charge in [-0.15, -0.1) is 0 Å². The Kier molecular flexibility index (Phi) is 4.09. The molecule has 0 spiro atoms. The maximum Gasteiger partial charge on any atom is 0.245 e. The Balaban J connectivity index is 1.78. The van der Waals surface area contributed by atoms with Crippen molar-refractivity contribution < 1.29 is 4.63 Å². The molecule has 0 fully saturated rings. The van der Waals surface area contributed by atoms with Gasteiger partial charge in [0.05, 0.1) is 21.4 Å². The Hall–Kier alpha value is -2.90. The van der Waals surface area contributed by atoms with E-state index in [2.05, 4.69) is 30.9 Å². The van der Waals surface area contributed by atoms with E-state index in [1.165, 1.54) is 0 Å². The molecule has 124 valence electrons. The van der Waals surface area contributed by atoms with Crippen LogP contribution in [0, 0.1) is 0 Å². The number of hydrogen-bond donors (Lipinski definition) is 2. The molecule has 0 saturated heterocycles. The standard InChI is InChI=1S/C16H10Cl2N6O/c17-9-5-1-3-7-11(9)19-13-14(20-12-8-4-2-6-10(12)18)22-16-15(21-13)23-25-24-16/h1-8H,(H,19,21,23)(H,20,22,24). The Labute approximate surface area is 152 Å². The zero-order chi connectivity index (χ0) is 17.2. The van der Waals surface area contributed by atoms with Gasteiger partial charge in [-0.05, 0) is 34.6 Å². The fourth-order valence-corrected chi connectivity index (χ4v) is 2.56. The van der Waals surface area contributed by atoms with Crippen LogP contribution in [-0.2, 0) is 0 Å².